The summed E-state index contributed by atoms with van der Waals surface area (Å²) in [4.78, 5) is 22.9. The van der Waals surface area contributed by atoms with E-state index in [2.05, 4.69) is 5.32 Å². The number of aliphatic carboxylic acids is 1. The van der Waals surface area contributed by atoms with Gasteiger partial charge in [0.2, 0.25) is 0 Å². The van der Waals surface area contributed by atoms with Gasteiger partial charge in [-0.3, -0.25) is 9.59 Å². The number of hydrogen-bond acceptors (Lipinski definition) is 4. The maximum atomic E-state index is 12.4. The topological polar surface area (TPSA) is 84.9 Å². The van der Waals surface area contributed by atoms with Gasteiger partial charge in [-0.1, -0.05) is 12.1 Å². The van der Waals surface area contributed by atoms with Crippen molar-refractivity contribution in [2.24, 2.45) is 0 Å². The first kappa shape index (κ1) is 18.3. The van der Waals surface area contributed by atoms with Gasteiger partial charge in [0, 0.05) is 17.7 Å². The normalized spacial score (nSPS) is 10.2. The van der Waals surface area contributed by atoms with E-state index in [4.69, 9.17) is 14.6 Å². The van der Waals surface area contributed by atoms with E-state index in [0.717, 1.165) is 5.56 Å². The van der Waals surface area contributed by atoms with Crippen molar-refractivity contribution < 1.29 is 24.2 Å². The van der Waals surface area contributed by atoms with E-state index in [9.17, 15) is 9.59 Å². The number of hydrogen-bond donors (Lipinski definition) is 2. The molecule has 6 heteroatoms. The molecule has 2 rings (SSSR count). The summed E-state index contributed by atoms with van der Waals surface area (Å²) in [6.07, 6.45) is 0.539. The number of ether oxygens (including phenoxy) is 2. The van der Waals surface area contributed by atoms with E-state index in [1.165, 1.54) is 7.11 Å². The molecule has 0 aromatic heterocycles. The molecule has 2 aromatic carbocycles. The van der Waals surface area contributed by atoms with Gasteiger partial charge in [0.1, 0.15) is 0 Å². The van der Waals surface area contributed by atoms with Crippen molar-refractivity contribution in [3.63, 3.8) is 0 Å². The Hall–Kier alpha value is -3.02. The molecule has 0 bridgehead atoms. The van der Waals surface area contributed by atoms with Gasteiger partial charge in [-0.15, -0.1) is 0 Å². The van der Waals surface area contributed by atoms with E-state index in [-0.39, 0.29) is 12.3 Å². The molecule has 25 heavy (non-hydrogen) atoms. The fourth-order valence-corrected chi connectivity index (χ4v) is 2.29. The van der Waals surface area contributed by atoms with Crippen molar-refractivity contribution in [2.45, 2.75) is 19.8 Å². The minimum atomic E-state index is -0.832. The van der Waals surface area contributed by atoms with Crippen molar-refractivity contribution >= 4 is 17.6 Å². The monoisotopic (exact) mass is 343 g/mol. The third-order valence-electron chi connectivity index (χ3n) is 3.57. The molecule has 2 N–H and O–H groups in total. The first-order chi connectivity index (χ1) is 12.0. The minimum absolute atomic E-state index is 0.0810. The lowest BCUT2D eigenvalue weighted by Gasteiger charge is -2.11. The number of nitrogens with one attached hydrogen (secondary N) is 1. The molecule has 0 spiro atoms. The second-order valence-corrected chi connectivity index (χ2v) is 5.34. The Morgan fingerprint density at radius 2 is 1.80 bits per heavy atom. The Labute approximate surface area is 146 Å². The fraction of sp³-hybridized carbons (Fsp3) is 0.263. The summed E-state index contributed by atoms with van der Waals surface area (Å²) in [5.41, 5.74) is 2.00. The number of anilines is 1. The molecule has 0 heterocycles. The fourth-order valence-electron chi connectivity index (χ4n) is 2.29. The molecule has 2 aromatic rings. The summed E-state index contributed by atoms with van der Waals surface area (Å²) < 4.78 is 10.7. The van der Waals surface area contributed by atoms with Crippen LogP contribution in [0.25, 0.3) is 0 Å². The first-order valence-electron chi connectivity index (χ1n) is 7.96. The summed E-state index contributed by atoms with van der Waals surface area (Å²) in [5, 5.41) is 11.5. The van der Waals surface area contributed by atoms with E-state index in [0.29, 0.717) is 35.8 Å². The van der Waals surface area contributed by atoms with Crippen LogP contribution in [0.4, 0.5) is 5.69 Å². The summed E-state index contributed by atoms with van der Waals surface area (Å²) in [5.74, 6) is -0.00990. The molecule has 0 saturated carbocycles. The number of carbonyl (C=O) groups is 2. The Balaban J connectivity index is 2.05. The Morgan fingerprint density at radius 3 is 2.40 bits per heavy atom. The van der Waals surface area contributed by atoms with Crippen molar-refractivity contribution in [1.29, 1.82) is 0 Å². The van der Waals surface area contributed by atoms with Crippen LogP contribution in [0, 0.1) is 0 Å². The predicted octanol–water partition coefficient (Wildman–Crippen LogP) is 3.36. The van der Waals surface area contributed by atoms with Gasteiger partial charge in [-0.2, -0.15) is 0 Å². The van der Waals surface area contributed by atoms with Gasteiger partial charge in [-0.25, -0.2) is 0 Å². The summed E-state index contributed by atoms with van der Waals surface area (Å²) >= 11 is 0. The summed E-state index contributed by atoms with van der Waals surface area (Å²) in [7, 11) is 1.52. The highest BCUT2D eigenvalue weighted by Crippen LogP contribution is 2.28. The van der Waals surface area contributed by atoms with Gasteiger partial charge in [-0.05, 0) is 49.2 Å². The zero-order chi connectivity index (χ0) is 18.2. The van der Waals surface area contributed by atoms with E-state index >= 15 is 0 Å². The molecule has 0 aliphatic rings. The standard InChI is InChI=1S/C19H21NO5/c1-3-25-16-10-7-14(12-17(16)24-2)19(23)20-15-8-4-13(5-9-15)6-11-18(21)22/h4-5,7-10,12H,3,6,11H2,1-2H3,(H,20,23)(H,21,22). The molecule has 6 nitrogen and oxygen atoms in total. The molecular formula is C19H21NO5. The largest absolute Gasteiger partial charge is 0.493 e. The highest BCUT2D eigenvalue weighted by Gasteiger charge is 2.11. The number of carbonyl (C=O) groups excluding carboxylic acids is 1. The summed E-state index contributed by atoms with van der Waals surface area (Å²) in [6.45, 7) is 2.39. The van der Waals surface area contributed by atoms with Gasteiger partial charge < -0.3 is 19.9 Å². The molecule has 0 unspecified atom stereocenters. The van der Waals surface area contributed by atoms with Crippen LogP contribution >= 0.6 is 0 Å². The molecule has 132 valence electrons. The Bertz CT molecular complexity index is 740. The average molecular weight is 343 g/mol. The number of carboxylic acid groups (broad SMARTS) is 1. The number of amides is 1. The Morgan fingerprint density at radius 1 is 1.08 bits per heavy atom. The van der Waals surface area contributed by atoms with Crippen LogP contribution in [-0.2, 0) is 11.2 Å². The Kier molecular flexibility index (Phi) is 6.39. The van der Waals surface area contributed by atoms with Gasteiger partial charge in [0.05, 0.1) is 13.7 Å². The molecule has 0 atom stereocenters. The zero-order valence-electron chi connectivity index (χ0n) is 14.2. The molecule has 0 fully saturated rings. The predicted molar refractivity (Wildman–Crippen MR) is 94.5 cm³/mol. The molecule has 0 saturated heterocycles. The lowest BCUT2D eigenvalue weighted by Crippen LogP contribution is -2.12. The molecule has 1 amide bonds. The van der Waals surface area contributed by atoms with E-state index in [1.54, 1.807) is 42.5 Å². The molecular weight excluding hydrogens is 322 g/mol. The van der Waals surface area contributed by atoms with Crippen LogP contribution in [0.3, 0.4) is 0 Å². The number of aryl methyl sites for hydroxylation is 1. The van der Waals surface area contributed by atoms with Crippen LogP contribution in [0.5, 0.6) is 11.5 Å². The van der Waals surface area contributed by atoms with E-state index < -0.39 is 5.97 Å². The minimum Gasteiger partial charge on any atom is -0.493 e. The third-order valence-corrected chi connectivity index (χ3v) is 3.57. The zero-order valence-corrected chi connectivity index (χ0v) is 14.2. The highest BCUT2D eigenvalue weighted by molar-refractivity contribution is 6.04. The van der Waals surface area contributed by atoms with Crippen molar-refractivity contribution in [3.8, 4) is 11.5 Å². The number of benzene rings is 2. The smallest absolute Gasteiger partial charge is 0.303 e. The van der Waals surface area contributed by atoms with Crippen molar-refractivity contribution in [2.75, 3.05) is 19.0 Å². The number of methoxy groups -OCH3 is 1. The first-order valence-corrected chi connectivity index (χ1v) is 7.96. The second-order valence-electron chi connectivity index (χ2n) is 5.34. The van der Waals surface area contributed by atoms with Gasteiger partial charge in [0.25, 0.3) is 5.91 Å². The van der Waals surface area contributed by atoms with Crippen LogP contribution in [0.15, 0.2) is 42.5 Å². The van der Waals surface area contributed by atoms with Crippen LogP contribution in [0.2, 0.25) is 0 Å². The maximum absolute atomic E-state index is 12.4. The molecule has 0 aliphatic heterocycles. The maximum Gasteiger partial charge on any atom is 0.303 e. The molecule has 0 radical (unpaired) electrons. The van der Waals surface area contributed by atoms with Gasteiger partial charge in [0.15, 0.2) is 11.5 Å². The summed E-state index contributed by atoms with van der Waals surface area (Å²) in [6, 6.07) is 12.1. The average Bonchev–Trinajstić information content (AvgIpc) is 2.61. The number of rotatable bonds is 8. The SMILES string of the molecule is CCOc1ccc(C(=O)Nc2ccc(CCC(=O)O)cc2)cc1OC. The lowest BCUT2D eigenvalue weighted by atomic mass is 10.1. The highest BCUT2D eigenvalue weighted by atomic mass is 16.5. The van der Waals surface area contributed by atoms with Crippen LogP contribution in [-0.4, -0.2) is 30.7 Å². The van der Waals surface area contributed by atoms with Crippen molar-refractivity contribution in [1.82, 2.24) is 0 Å². The van der Waals surface area contributed by atoms with Crippen molar-refractivity contribution in [3.05, 3.63) is 53.6 Å². The second kappa shape index (κ2) is 8.73. The number of carboxylic acids is 1. The third kappa shape index (κ3) is 5.24. The lowest BCUT2D eigenvalue weighted by molar-refractivity contribution is -0.136. The molecule has 0 aliphatic carbocycles. The van der Waals surface area contributed by atoms with Crippen LogP contribution in [0.1, 0.15) is 29.3 Å². The van der Waals surface area contributed by atoms with Crippen LogP contribution < -0.4 is 14.8 Å². The quantitative estimate of drug-likeness (QED) is 0.768. The van der Waals surface area contributed by atoms with E-state index in [1.807, 2.05) is 6.92 Å². The van der Waals surface area contributed by atoms with Gasteiger partial charge >= 0.3 is 5.97 Å².